The fraction of sp³-hybridized carbons (Fsp3) is 0.480. The van der Waals surface area contributed by atoms with Crippen molar-refractivity contribution in [3.63, 3.8) is 0 Å². The minimum absolute atomic E-state index is 0.110. The molecule has 1 aliphatic heterocycles. The molecular weight excluding hydrogens is 452 g/mol. The fourth-order valence-corrected chi connectivity index (χ4v) is 5.83. The van der Waals surface area contributed by atoms with Crippen LogP contribution in [0.25, 0.3) is 0 Å². The van der Waals surface area contributed by atoms with Crippen LogP contribution in [0.4, 0.5) is 11.4 Å². The summed E-state index contributed by atoms with van der Waals surface area (Å²) in [7, 11) is 0.205. The third-order valence-corrected chi connectivity index (χ3v) is 8.01. The van der Waals surface area contributed by atoms with E-state index in [9.17, 15) is 13.2 Å². The van der Waals surface area contributed by atoms with Crippen molar-refractivity contribution in [3.8, 4) is 5.75 Å². The van der Waals surface area contributed by atoms with Gasteiger partial charge in [-0.3, -0.25) is 9.10 Å². The van der Waals surface area contributed by atoms with Gasteiger partial charge in [-0.25, -0.2) is 0 Å². The summed E-state index contributed by atoms with van der Waals surface area (Å²) in [5, 5.41) is 2.98. The van der Waals surface area contributed by atoms with E-state index in [1.807, 2.05) is 57.1 Å². The van der Waals surface area contributed by atoms with Gasteiger partial charge in [-0.1, -0.05) is 12.1 Å². The van der Waals surface area contributed by atoms with Gasteiger partial charge in [0.05, 0.1) is 18.2 Å². The van der Waals surface area contributed by atoms with Crippen LogP contribution in [0, 0.1) is 5.92 Å². The molecule has 3 rings (SSSR count). The fourth-order valence-electron chi connectivity index (χ4n) is 4.11. The first-order valence-electron chi connectivity index (χ1n) is 11.8. The Balaban J connectivity index is 1.64. The first kappa shape index (κ1) is 25.8. The molecule has 9 heteroatoms. The molecule has 1 fully saturated rings. The van der Waals surface area contributed by atoms with Crippen LogP contribution in [0.1, 0.15) is 32.3 Å². The summed E-state index contributed by atoms with van der Waals surface area (Å²) < 4.78 is 35.2. The van der Waals surface area contributed by atoms with Gasteiger partial charge in [0.25, 0.3) is 0 Å². The van der Waals surface area contributed by atoms with Crippen LogP contribution in [0.3, 0.4) is 0 Å². The molecular formula is C25H36N4O4S. The van der Waals surface area contributed by atoms with Gasteiger partial charge in [-0.05, 0) is 68.7 Å². The monoisotopic (exact) mass is 488 g/mol. The number of amides is 1. The summed E-state index contributed by atoms with van der Waals surface area (Å²) in [5.74, 6) is 0.218. The lowest BCUT2D eigenvalue weighted by atomic mass is 9.99. The molecule has 0 saturated carbocycles. The van der Waals surface area contributed by atoms with E-state index in [0.717, 1.165) is 11.3 Å². The van der Waals surface area contributed by atoms with Gasteiger partial charge in [0.1, 0.15) is 5.75 Å². The van der Waals surface area contributed by atoms with Crippen LogP contribution in [0.2, 0.25) is 0 Å². The zero-order valence-corrected chi connectivity index (χ0v) is 21.3. The summed E-state index contributed by atoms with van der Waals surface area (Å²) in [6.07, 6.45) is 1.32. The number of benzene rings is 2. The second kappa shape index (κ2) is 11.6. The molecule has 1 saturated heterocycles. The summed E-state index contributed by atoms with van der Waals surface area (Å²) >= 11 is 0. The van der Waals surface area contributed by atoms with Gasteiger partial charge in [0.2, 0.25) is 5.91 Å². The van der Waals surface area contributed by atoms with E-state index in [4.69, 9.17) is 4.74 Å². The van der Waals surface area contributed by atoms with Crippen LogP contribution in [0.5, 0.6) is 5.75 Å². The topological polar surface area (TPSA) is 82.2 Å². The van der Waals surface area contributed by atoms with Crippen LogP contribution in [-0.4, -0.2) is 59.0 Å². The minimum Gasteiger partial charge on any atom is -0.494 e. The van der Waals surface area contributed by atoms with Crippen LogP contribution in [-0.2, 0) is 21.5 Å². The quantitative estimate of drug-likeness (QED) is 0.555. The summed E-state index contributed by atoms with van der Waals surface area (Å²) in [6.45, 7) is 5.57. The SMILES string of the molecule is CCOc1ccc(N(CC)S(=O)(=O)N2CCC[C@@H](C(=O)NCc3ccc(N(C)C)cc3)C2)cc1. The number of hydrogen-bond acceptors (Lipinski definition) is 5. The molecule has 0 spiro atoms. The van der Waals surface area contributed by atoms with Crippen molar-refractivity contribution in [3.05, 3.63) is 54.1 Å². The predicted octanol–water partition coefficient (Wildman–Crippen LogP) is 3.25. The first-order chi connectivity index (χ1) is 16.3. The van der Waals surface area contributed by atoms with Crippen molar-refractivity contribution in [2.45, 2.75) is 33.2 Å². The van der Waals surface area contributed by atoms with E-state index in [1.165, 1.54) is 8.61 Å². The van der Waals surface area contributed by atoms with Gasteiger partial charge in [0, 0.05) is 46.0 Å². The predicted molar refractivity (Wildman–Crippen MR) is 136 cm³/mol. The van der Waals surface area contributed by atoms with Crippen LogP contribution < -0.4 is 19.3 Å². The second-order valence-electron chi connectivity index (χ2n) is 8.58. The van der Waals surface area contributed by atoms with Gasteiger partial charge < -0.3 is 15.0 Å². The van der Waals surface area contributed by atoms with Crippen molar-refractivity contribution in [1.29, 1.82) is 0 Å². The maximum absolute atomic E-state index is 13.4. The van der Waals surface area contributed by atoms with E-state index < -0.39 is 10.2 Å². The third kappa shape index (κ3) is 6.21. The smallest absolute Gasteiger partial charge is 0.304 e. The standard InChI is InChI=1S/C25H36N4O4S/c1-5-29(23-13-15-24(16-14-23)33-6-2)34(31,32)28-17-7-8-21(19-28)25(30)26-18-20-9-11-22(12-10-20)27(3)4/h9-16,21H,5-8,17-19H2,1-4H3,(H,26,30)/t21-/m1/s1. The summed E-state index contributed by atoms with van der Waals surface area (Å²) in [4.78, 5) is 14.9. The maximum Gasteiger partial charge on any atom is 0.304 e. The number of nitrogens with one attached hydrogen (secondary N) is 1. The number of rotatable bonds is 10. The molecule has 2 aromatic carbocycles. The molecule has 1 heterocycles. The highest BCUT2D eigenvalue weighted by molar-refractivity contribution is 7.90. The highest BCUT2D eigenvalue weighted by atomic mass is 32.2. The Bertz CT molecular complexity index is 1040. The zero-order chi connectivity index (χ0) is 24.7. The van der Waals surface area contributed by atoms with E-state index in [2.05, 4.69) is 5.32 Å². The van der Waals surface area contributed by atoms with Gasteiger partial charge in [-0.2, -0.15) is 12.7 Å². The highest BCUT2D eigenvalue weighted by Gasteiger charge is 2.35. The van der Waals surface area contributed by atoms with E-state index in [0.29, 0.717) is 50.5 Å². The third-order valence-electron chi connectivity index (χ3n) is 6.00. The number of ether oxygens (including phenoxy) is 1. The second-order valence-corrected chi connectivity index (χ2v) is 10.4. The van der Waals surface area contributed by atoms with E-state index >= 15 is 0 Å². The Morgan fingerprint density at radius 1 is 1.06 bits per heavy atom. The molecule has 0 radical (unpaired) electrons. The normalized spacial score (nSPS) is 16.6. The molecule has 0 aliphatic carbocycles. The average molecular weight is 489 g/mol. The molecule has 1 amide bonds. The molecule has 0 aromatic heterocycles. The number of piperidine rings is 1. The molecule has 1 aliphatic rings. The van der Waals surface area contributed by atoms with Crippen molar-refractivity contribution >= 4 is 27.5 Å². The lowest BCUT2D eigenvalue weighted by molar-refractivity contribution is -0.126. The van der Waals surface area contributed by atoms with Crippen molar-refractivity contribution in [2.24, 2.45) is 5.92 Å². The number of anilines is 2. The molecule has 2 aromatic rings. The first-order valence-corrected chi connectivity index (χ1v) is 13.2. The number of carbonyl (C=O) groups is 1. The van der Waals surface area contributed by atoms with Gasteiger partial charge in [0.15, 0.2) is 0 Å². The Labute approximate surface area is 203 Å². The van der Waals surface area contributed by atoms with Crippen molar-refractivity contribution in [2.75, 3.05) is 49.5 Å². The Morgan fingerprint density at radius 2 is 1.71 bits per heavy atom. The van der Waals surface area contributed by atoms with Gasteiger partial charge >= 0.3 is 10.2 Å². The van der Waals surface area contributed by atoms with E-state index in [-0.39, 0.29) is 18.4 Å². The Kier molecular flexibility index (Phi) is 8.79. The number of carbonyl (C=O) groups excluding carboxylic acids is 1. The summed E-state index contributed by atoms with van der Waals surface area (Å²) in [6, 6.07) is 15.0. The van der Waals surface area contributed by atoms with Gasteiger partial charge in [-0.15, -0.1) is 0 Å². The van der Waals surface area contributed by atoms with Crippen molar-refractivity contribution in [1.82, 2.24) is 9.62 Å². The van der Waals surface area contributed by atoms with Crippen LogP contribution in [0.15, 0.2) is 48.5 Å². The summed E-state index contributed by atoms with van der Waals surface area (Å²) in [5.41, 5.74) is 2.68. The average Bonchev–Trinajstić information content (AvgIpc) is 2.84. The number of nitrogens with zero attached hydrogens (tertiary/aromatic N) is 3. The maximum atomic E-state index is 13.4. The molecule has 1 atom stereocenters. The Hall–Kier alpha value is -2.78. The lowest BCUT2D eigenvalue weighted by Crippen LogP contribution is -2.50. The zero-order valence-electron chi connectivity index (χ0n) is 20.5. The molecule has 0 bridgehead atoms. The molecule has 0 unspecified atom stereocenters. The number of hydrogen-bond donors (Lipinski definition) is 1. The molecule has 186 valence electrons. The van der Waals surface area contributed by atoms with Crippen molar-refractivity contribution < 1.29 is 17.9 Å². The lowest BCUT2D eigenvalue weighted by Gasteiger charge is -2.35. The van der Waals surface area contributed by atoms with Crippen LogP contribution >= 0.6 is 0 Å². The Morgan fingerprint density at radius 3 is 2.29 bits per heavy atom. The minimum atomic E-state index is -3.76. The molecule has 1 N–H and O–H groups in total. The highest BCUT2D eigenvalue weighted by Crippen LogP contribution is 2.27. The molecule has 34 heavy (non-hydrogen) atoms. The van der Waals surface area contributed by atoms with E-state index in [1.54, 1.807) is 24.3 Å². The largest absolute Gasteiger partial charge is 0.494 e. The molecule has 8 nitrogen and oxygen atoms in total.